The molecule has 1 amide bonds. The summed E-state index contributed by atoms with van der Waals surface area (Å²) >= 11 is 0. The van der Waals surface area contributed by atoms with E-state index < -0.39 is 29.5 Å². The second-order valence-electron chi connectivity index (χ2n) is 5.83. The zero-order valence-electron chi connectivity index (χ0n) is 11.9. The van der Waals surface area contributed by atoms with Crippen LogP contribution in [0.3, 0.4) is 0 Å². The van der Waals surface area contributed by atoms with E-state index in [4.69, 9.17) is 9.47 Å². The normalized spacial score (nSPS) is 35.0. The smallest absolute Gasteiger partial charge is 0.310 e. The zero-order chi connectivity index (χ0) is 15.5. The van der Waals surface area contributed by atoms with Crippen molar-refractivity contribution < 1.29 is 24.2 Å². The van der Waals surface area contributed by atoms with E-state index in [0.717, 1.165) is 0 Å². The lowest BCUT2D eigenvalue weighted by Crippen LogP contribution is -2.39. The van der Waals surface area contributed by atoms with Crippen molar-refractivity contribution in [3.8, 4) is 5.75 Å². The first-order chi connectivity index (χ1) is 10.6. The molecule has 4 atom stereocenters. The minimum absolute atomic E-state index is 0.219. The van der Waals surface area contributed by atoms with Crippen LogP contribution in [-0.2, 0) is 14.3 Å². The number of benzene rings is 1. The summed E-state index contributed by atoms with van der Waals surface area (Å²) in [7, 11) is 1.54. The number of rotatable bonds is 3. The maximum atomic E-state index is 12.8. The van der Waals surface area contributed by atoms with Crippen LogP contribution in [-0.4, -0.2) is 42.3 Å². The van der Waals surface area contributed by atoms with Crippen LogP contribution in [0.15, 0.2) is 36.4 Å². The van der Waals surface area contributed by atoms with Crippen LogP contribution in [0.4, 0.5) is 5.69 Å². The van der Waals surface area contributed by atoms with E-state index in [1.807, 2.05) is 18.2 Å². The Morgan fingerprint density at radius 1 is 1.45 bits per heavy atom. The molecular weight excluding hydrogens is 286 g/mol. The van der Waals surface area contributed by atoms with Crippen molar-refractivity contribution in [2.75, 3.05) is 18.6 Å². The van der Waals surface area contributed by atoms with Crippen molar-refractivity contribution in [2.24, 2.45) is 11.8 Å². The summed E-state index contributed by atoms with van der Waals surface area (Å²) in [5.74, 6) is -2.13. The summed E-state index contributed by atoms with van der Waals surface area (Å²) in [5, 5.41) is 9.45. The van der Waals surface area contributed by atoms with Crippen molar-refractivity contribution in [3.05, 3.63) is 36.4 Å². The van der Waals surface area contributed by atoms with Gasteiger partial charge in [-0.15, -0.1) is 0 Å². The Morgan fingerprint density at radius 2 is 2.23 bits per heavy atom. The summed E-state index contributed by atoms with van der Waals surface area (Å²) in [6, 6.07) is 7.21. The van der Waals surface area contributed by atoms with Gasteiger partial charge in [-0.2, -0.15) is 0 Å². The number of hydrogen-bond acceptors (Lipinski definition) is 4. The lowest BCUT2D eigenvalue weighted by molar-refractivity contribution is -0.146. The van der Waals surface area contributed by atoms with Crippen LogP contribution in [0, 0.1) is 11.8 Å². The molecule has 6 nitrogen and oxygen atoms in total. The number of carboxylic acids is 1. The average molecular weight is 301 g/mol. The number of ether oxygens (including phenoxy) is 2. The molecule has 0 unspecified atom stereocenters. The minimum Gasteiger partial charge on any atom is -0.495 e. The first-order valence-corrected chi connectivity index (χ1v) is 7.12. The molecule has 3 aliphatic rings. The topological polar surface area (TPSA) is 76.1 Å². The van der Waals surface area contributed by atoms with Gasteiger partial charge in [-0.3, -0.25) is 9.59 Å². The van der Waals surface area contributed by atoms with Crippen molar-refractivity contribution in [2.45, 2.75) is 11.7 Å². The molecule has 1 aromatic carbocycles. The third-order valence-electron chi connectivity index (χ3n) is 4.76. The van der Waals surface area contributed by atoms with E-state index in [0.29, 0.717) is 18.0 Å². The van der Waals surface area contributed by atoms with Gasteiger partial charge in [0.25, 0.3) is 0 Å². The highest BCUT2D eigenvalue weighted by atomic mass is 16.5. The number of carbonyl (C=O) groups excluding carboxylic acids is 1. The summed E-state index contributed by atoms with van der Waals surface area (Å²) in [6.45, 7) is 0.313. The van der Waals surface area contributed by atoms with Gasteiger partial charge in [0.1, 0.15) is 17.3 Å². The largest absolute Gasteiger partial charge is 0.495 e. The van der Waals surface area contributed by atoms with Gasteiger partial charge < -0.3 is 19.5 Å². The van der Waals surface area contributed by atoms with Crippen molar-refractivity contribution in [1.82, 2.24) is 0 Å². The van der Waals surface area contributed by atoms with Gasteiger partial charge in [-0.1, -0.05) is 24.3 Å². The number of para-hydroxylation sites is 2. The second-order valence-corrected chi connectivity index (χ2v) is 5.83. The van der Waals surface area contributed by atoms with Gasteiger partial charge in [-0.05, 0) is 12.1 Å². The summed E-state index contributed by atoms with van der Waals surface area (Å²) in [5.41, 5.74) is -0.186. The Balaban J connectivity index is 1.77. The van der Waals surface area contributed by atoms with Gasteiger partial charge in [0.15, 0.2) is 0 Å². The van der Waals surface area contributed by atoms with E-state index in [2.05, 4.69) is 0 Å². The highest BCUT2D eigenvalue weighted by Crippen LogP contribution is 2.53. The Hall–Kier alpha value is -2.34. The highest BCUT2D eigenvalue weighted by molar-refractivity contribution is 6.03. The molecule has 2 fully saturated rings. The van der Waals surface area contributed by atoms with Crippen molar-refractivity contribution in [3.63, 3.8) is 0 Å². The quantitative estimate of drug-likeness (QED) is 0.845. The van der Waals surface area contributed by atoms with Gasteiger partial charge in [-0.25, -0.2) is 0 Å². The van der Waals surface area contributed by atoms with E-state index in [9.17, 15) is 14.7 Å². The van der Waals surface area contributed by atoms with Crippen LogP contribution >= 0.6 is 0 Å². The van der Waals surface area contributed by atoms with Crippen LogP contribution in [0.5, 0.6) is 5.75 Å². The van der Waals surface area contributed by atoms with Crippen LogP contribution in [0.2, 0.25) is 0 Å². The SMILES string of the molecule is COc1ccccc1N1C[C@@]23C=C[C@H](O2)[C@H](C(=O)O)[C@@H]3C1=O. The van der Waals surface area contributed by atoms with Crippen LogP contribution in [0.25, 0.3) is 0 Å². The third-order valence-corrected chi connectivity index (χ3v) is 4.76. The number of carboxylic acid groups (broad SMARTS) is 1. The van der Waals surface area contributed by atoms with Crippen molar-refractivity contribution >= 4 is 17.6 Å². The summed E-state index contributed by atoms with van der Waals surface area (Å²) in [6.07, 6.45) is 3.09. The van der Waals surface area contributed by atoms with Crippen molar-refractivity contribution in [1.29, 1.82) is 0 Å². The molecule has 22 heavy (non-hydrogen) atoms. The van der Waals surface area contributed by atoms with Gasteiger partial charge >= 0.3 is 5.97 Å². The van der Waals surface area contributed by atoms with E-state index in [1.54, 1.807) is 30.2 Å². The molecular formula is C16H15NO5. The highest BCUT2D eigenvalue weighted by Gasteiger charge is 2.67. The van der Waals surface area contributed by atoms with E-state index in [1.165, 1.54) is 0 Å². The monoisotopic (exact) mass is 301 g/mol. The molecule has 0 aromatic heterocycles. The number of nitrogens with zero attached hydrogens (tertiary/aromatic N) is 1. The molecule has 3 aliphatic heterocycles. The number of methoxy groups -OCH3 is 1. The molecule has 6 heteroatoms. The lowest BCUT2D eigenvalue weighted by atomic mass is 9.77. The fourth-order valence-corrected chi connectivity index (χ4v) is 3.84. The van der Waals surface area contributed by atoms with Gasteiger partial charge in [0.2, 0.25) is 5.91 Å². The lowest BCUT2D eigenvalue weighted by Gasteiger charge is -2.22. The number of aliphatic carboxylic acids is 1. The Bertz CT molecular complexity index is 700. The molecule has 1 aromatic rings. The molecule has 114 valence electrons. The molecule has 1 spiro atoms. The summed E-state index contributed by atoms with van der Waals surface area (Å²) < 4.78 is 11.2. The van der Waals surface area contributed by atoms with Gasteiger partial charge in [0, 0.05) is 0 Å². The van der Waals surface area contributed by atoms with Crippen LogP contribution in [0.1, 0.15) is 0 Å². The molecule has 2 bridgehead atoms. The molecule has 0 saturated carbocycles. The number of amides is 1. The average Bonchev–Trinajstić information content (AvgIpc) is 3.15. The standard InChI is InChI=1S/C16H15NO5/c1-21-10-5-3-2-4-9(10)17-8-16-7-6-11(22-16)12(15(19)20)13(16)14(17)18/h2-7,11-13H,8H2,1H3,(H,19,20)/t11-,12-,13+,16+/m0/s1. The Morgan fingerprint density at radius 3 is 2.95 bits per heavy atom. The fourth-order valence-electron chi connectivity index (χ4n) is 3.84. The predicted octanol–water partition coefficient (Wildman–Crippen LogP) is 1.07. The van der Waals surface area contributed by atoms with E-state index in [-0.39, 0.29) is 5.91 Å². The third kappa shape index (κ3) is 1.53. The molecule has 0 aliphatic carbocycles. The Labute approximate surface area is 126 Å². The zero-order valence-corrected chi connectivity index (χ0v) is 11.9. The first kappa shape index (κ1) is 13.3. The van der Waals surface area contributed by atoms with Crippen LogP contribution < -0.4 is 9.64 Å². The maximum Gasteiger partial charge on any atom is 0.310 e. The maximum absolute atomic E-state index is 12.8. The number of fused-ring (bicyclic) bond motifs is 1. The first-order valence-electron chi connectivity index (χ1n) is 7.12. The number of anilines is 1. The molecule has 3 heterocycles. The molecule has 1 N–H and O–H groups in total. The summed E-state index contributed by atoms with van der Waals surface area (Å²) in [4.78, 5) is 26.0. The minimum atomic E-state index is -0.989. The number of carbonyl (C=O) groups is 2. The number of hydrogen-bond donors (Lipinski definition) is 1. The molecule has 4 rings (SSSR count). The molecule has 2 saturated heterocycles. The molecule has 0 radical (unpaired) electrons. The van der Waals surface area contributed by atoms with Gasteiger partial charge in [0.05, 0.1) is 31.4 Å². The fraction of sp³-hybridized carbons (Fsp3) is 0.375. The second kappa shape index (κ2) is 4.33. The van der Waals surface area contributed by atoms with E-state index >= 15 is 0 Å². The Kier molecular flexibility index (Phi) is 2.62. The predicted molar refractivity (Wildman–Crippen MR) is 76.7 cm³/mol.